The van der Waals surface area contributed by atoms with Crippen LogP contribution in [0.4, 0.5) is 0 Å². The zero-order chi connectivity index (χ0) is 9.52. The van der Waals surface area contributed by atoms with Crippen LogP contribution in [0.5, 0.6) is 0 Å². The van der Waals surface area contributed by atoms with Gasteiger partial charge in [0.2, 0.25) is 0 Å². The van der Waals surface area contributed by atoms with E-state index in [0.717, 1.165) is 12.1 Å². The van der Waals surface area contributed by atoms with Crippen LogP contribution >= 0.6 is 0 Å². The maximum Gasteiger partial charge on any atom is 0.0265 e. The number of hydrogen-bond donors (Lipinski definition) is 1. The molecule has 0 aliphatic carbocycles. The Morgan fingerprint density at radius 1 is 1.38 bits per heavy atom. The van der Waals surface area contributed by atoms with E-state index in [2.05, 4.69) is 11.5 Å². The van der Waals surface area contributed by atoms with Crippen molar-refractivity contribution < 1.29 is 0 Å². The second-order valence-corrected chi connectivity index (χ2v) is 3.39. The fraction of sp³-hybridized carbons (Fsp3) is 0.545. The summed E-state index contributed by atoms with van der Waals surface area (Å²) in [6.07, 6.45) is 10.7. The van der Waals surface area contributed by atoms with E-state index < -0.39 is 0 Å². The molecule has 72 valence electrons. The molecule has 2 nitrogen and oxygen atoms in total. The highest BCUT2D eigenvalue weighted by atomic mass is 14.9. The predicted octanol–water partition coefficient (Wildman–Crippen LogP) is 3.07. The van der Waals surface area contributed by atoms with Crippen molar-refractivity contribution in [2.75, 3.05) is 0 Å². The molecule has 0 saturated heterocycles. The van der Waals surface area contributed by atoms with E-state index in [1.165, 1.54) is 31.9 Å². The lowest BCUT2D eigenvalue weighted by molar-refractivity contribution is 0.584. The van der Waals surface area contributed by atoms with Gasteiger partial charge in [0.15, 0.2) is 0 Å². The van der Waals surface area contributed by atoms with Gasteiger partial charge in [-0.15, -0.1) is 0 Å². The molecule has 0 amide bonds. The predicted molar refractivity (Wildman–Crippen MR) is 56.5 cm³/mol. The summed E-state index contributed by atoms with van der Waals surface area (Å²) < 4.78 is 2.16. The van der Waals surface area contributed by atoms with Gasteiger partial charge in [-0.05, 0) is 12.5 Å². The smallest absolute Gasteiger partial charge is 0.0265 e. The van der Waals surface area contributed by atoms with E-state index in [-0.39, 0.29) is 0 Å². The molecule has 1 aromatic rings. The Hall–Kier alpha value is -1.05. The summed E-state index contributed by atoms with van der Waals surface area (Å²) in [5.41, 5.74) is 0.996. The molecule has 1 heterocycles. The maximum atomic E-state index is 7.06. The number of hydrogen-bond acceptors (Lipinski definition) is 1. The van der Waals surface area contributed by atoms with Gasteiger partial charge in [-0.2, -0.15) is 0 Å². The molecule has 0 aromatic carbocycles. The molecule has 0 atom stereocenters. The average molecular weight is 178 g/mol. The molecular weight excluding hydrogens is 160 g/mol. The van der Waals surface area contributed by atoms with Crippen molar-refractivity contribution in [3.05, 3.63) is 24.0 Å². The Balaban J connectivity index is 2.24. The third-order valence-electron chi connectivity index (χ3n) is 2.21. The number of aryl methyl sites for hydroxylation is 1. The summed E-state index contributed by atoms with van der Waals surface area (Å²) in [5.74, 6) is 0. The van der Waals surface area contributed by atoms with Crippen LogP contribution in [0.25, 0.3) is 0 Å². The Morgan fingerprint density at radius 3 is 2.85 bits per heavy atom. The first kappa shape index (κ1) is 10.0. The van der Waals surface area contributed by atoms with Crippen molar-refractivity contribution in [3.63, 3.8) is 0 Å². The van der Waals surface area contributed by atoms with Crippen molar-refractivity contribution in [1.29, 1.82) is 5.41 Å². The molecule has 0 aliphatic rings. The summed E-state index contributed by atoms with van der Waals surface area (Å²) in [7, 11) is 0. The van der Waals surface area contributed by atoms with Gasteiger partial charge < -0.3 is 9.98 Å². The average Bonchev–Trinajstić information content (AvgIpc) is 2.60. The maximum absolute atomic E-state index is 7.06. The molecule has 0 radical (unpaired) electrons. The van der Waals surface area contributed by atoms with Crippen molar-refractivity contribution in [1.82, 2.24) is 4.57 Å². The third-order valence-corrected chi connectivity index (χ3v) is 2.21. The lowest BCUT2D eigenvalue weighted by Crippen LogP contribution is -1.93. The summed E-state index contributed by atoms with van der Waals surface area (Å²) in [4.78, 5) is 0. The SMILES string of the molecule is CCCCCCn1ccc(C=N)c1. The van der Waals surface area contributed by atoms with Gasteiger partial charge in [-0.25, -0.2) is 0 Å². The minimum Gasteiger partial charge on any atom is -0.354 e. The van der Waals surface area contributed by atoms with Crippen molar-refractivity contribution in [2.24, 2.45) is 0 Å². The van der Waals surface area contributed by atoms with Crippen molar-refractivity contribution >= 4 is 6.21 Å². The van der Waals surface area contributed by atoms with E-state index in [4.69, 9.17) is 5.41 Å². The second-order valence-electron chi connectivity index (χ2n) is 3.39. The van der Waals surface area contributed by atoms with Crippen LogP contribution in [0.1, 0.15) is 38.2 Å². The summed E-state index contributed by atoms with van der Waals surface area (Å²) in [5, 5.41) is 7.06. The summed E-state index contributed by atoms with van der Waals surface area (Å²) in [6, 6.07) is 1.98. The van der Waals surface area contributed by atoms with E-state index in [1.54, 1.807) is 0 Å². The normalized spacial score (nSPS) is 10.2. The second kappa shape index (κ2) is 5.57. The number of nitrogens with zero attached hydrogens (tertiary/aromatic N) is 1. The largest absolute Gasteiger partial charge is 0.354 e. The molecule has 1 rings (SSSR count). The molecule has 1 N–H and O–H groups in total. The van der Waals surface area contributed by atoms with Gasteiger partial charge in [-0.3, -0.25) is 0 Å². The standard InChI is InChI=1S/C11H18N2/c1-2-3-4-5-7-13-8-6-11(9-12)10-13/h6,8-10,12H,2-5,7H2,1H3. The molecule has 0 spiro atoms. The minimum absolute atomic E-state index is 0.996. The van der Waals surface area contributed by atoms with Crippen LogP contribution in [0.3, 0.4) is 0 Å². The van der Waals surface area contributed by atoms with Gasteiger partial charge >= 0.3 is 0 Å². The molecule has 2 heteroatoms. The van der Waals surface area contributed by atoms with Crippen molar-refractivity contribution in [2.45, 2.75) is 39.2 Å². The molecule has 1 aromatic heterocycles. The first-order chi connectivity index (χ1) is 6.36. The van der Waals surface area contributed by atoms with Crippen LogP contribution in [0.2, 0.25) is 0 Å². The molecule has 0 saturated carbocycles. The van der Waals surface area contributed by atoms with E-state index in [0.29, 0.717) is 0 Å². The van der Waals surface area contributed by atoms with Crippen LogP contribution in [-0.2, 0) is 6.54 Å². The zero-order valence-electron chi connectivity index (χ0n) is 8.29. The fourth-order valence-corrected chi connectivity index (χ4v) is 1.40. The highest BCUT2D eigenvalue weighted by Gasteiger charge is 1.93. The first-order valence-corrected chi connectivity index (χ1v) is 5.03. The van der Waals surface area contributed by atoms with E-state index in [1.807, 2.05) is 18.5 Å². The molecular formula is C11H18N2. The Labute approximate surface area is 80.1 Å². The van der Waals surface area contributed by atoms with Crippen molar-refractivity contribution in [3.8, 4) is 0 Å². The molecule has 0 aliphatic heterocycles. The van der Waals surface area contributed by atoms with Gasteiger partial charge in [0.05, 0.1) is 0 Å². The van der Waals surface area contributed by atoms with E-state index >= 15 is 0 Å². The topological polar surface area (TPSA) is 28.8 Å². The summed E-state index contributed by atoms with van der Waals surface area (Å²) >= 11 is 0. The van der Waals surface area contributed by atoms with Crippen LogP contribution < -0.4 is 0 Å². The third kappa shape index (κ3) is 3.45. The zero-order valence-corrected chi connectivity index (χ0v) is 8.29. The van der Waals surface area contributed by atoms with Crippen LogP contribution in [0.15, 0.2) is 18.5 Å². The monoisotopic (exact) mass is 178 g/mol. The highest BCUT2D eigenvalue weighted by molar-refractivity contribution is 5.76. The molecule has 0 bridgehead atoms. The van der Waals surface area contributed by atoms with Crippen LogP contribution in [0, 0.1) is 5.41 Å². The number of aromatic nitrogens is 1. The number of rotatable bonds is 6. The first-order valence-electron chi connectivity index (χ1n) is 5.03. The summed E-state index contributed by atoms with van der Waals surface area (Å²) in [6.45, 7) is 3.32. The number of nitrogens with one attached hydrogen (secondary N) is 1. The van der Waals surface area contributed by atoms with E-state index in [9.17, 15) is 0 Å². The minimum atomic E-state index is 0.996. The highest BCUT2D eigenvalue weighted by Crippen LogP contribution is 2.03. The molecule has 0 fully saturated rings. The van der Waals surface area contributed by atoms with Crippen LogP contribution in [-0.4, -0.2) is 10.8 Å². The lowest BCUT2D eigenvalue weighted by atomic mass is 10.2. The quantitative estimate of drug-likeness (QED) is 0.512. The number of unbranched alkanes of at least 4 members (excludes halogenated alkanes) is 3. The Kier molecular flexibility index (Phi) is 4.30. The fourth-order valence-electron chi connectivity index (χ4n) is 1.40. The molecule has 0 unspecified atom stereocenters. The Bertz CT molecular complexity index is 250. The van der Waals surface area contributed by atoms with Gasteiger partial charge in [0.1, 0.15) is 0 Å². The van der Waals surface area contributed by atoms with Gasteiger partial charge in [0.25, 0.3) is 0 Å². The van der Waals surface area contributed by atoms with Gasteiger partial charge in [0, 0.05) is 30.7 Å². The van der Waals surface area contributed by atoms with Gasteiger partial charge in [-0.1, -0.05) is 26.2 Å². The molecule has 13 heavy (non-hydrogen) atoms. The lowest BCUT2D eigenvalue weighted by Gasteiger charge is -2.01. The Morgan fingerprint density at radius 2 is 2.23 bits per heavy atom.